The van der Waals surface area contributed by atoms with Gasteiger partial charge in [-0.2, -0.15) is 5.10 Å². The van der Waals surface area contributed by atoms with Gasteiger partial charge in [-0.05, 0) is 31.7 Å². The van der Waals surface area contributed by atoms with Crippen LogP contribution in [-0.2, 0) is 4.79 Å². The van der Waals surface area contributed by atoms with Gasteiger partial charge in [-0.1, -0.05) is 12.1 Å². The monoisotopic (exact) mass is 259 g/mol. The van der Waals surface area contributed by atoms with E-state index < -0.39 is 0 Å². The van der Waals surface area contributed by atoms with Crippen molar-refractivity contribution in [2.45, 2.75) is 13.0 Å². The molecule has 6 heteroatoms. The Morgan fingerprint density at radius 3 is 2.63 bits per heavy atom. The zero-order chi connectivity index (χ0) is 13.8. The van der Waals surface area contributed by atoms with Gasteiger partial charge < -0.3 is 5.73 Å². The summed E-state index contributed by atoms with van der Waals surface area (Å²) in [5.41, 5.74) is 7.27. The van der Waals surface area contributed by atoms with E-state index in [0.717, 1.165) is 11.3 Å². The highest BCUT2D eigenvalue weighted by Gasteiger charge is 2.13. The molecule has 0 spiro atoms. The van der Waals surface area contributed by atoms with Crippen LogP contribution in [0.15, 0.2) is 36.9 Å². The molecule has 1 amide bonds. The zero-order valence-corrected chi connectivity index (χ0v) is 11.0. The first-order valence-corrected chi connectivity index (χ1v) is 6.01. The highest BCUT2D eigenvalue weighted by Crippen LogP contribution is 2.19. The molecule has 0 aliphatic rings. The van der Waals surface area contributed by atoms with Crippen LogP contribution in [0.5, 0.6) is 0 Å². The Hall–Kier alpha value is -2.21. The van der Waals surface area contributed by atoms with Crippen LogP contribution < -0.4 is 5.73 Å². The Balaban J connectivity index is 2.12. The van der Waals surface area contributed by atoms with Crippen molar-refractivity contribution in [3.63, 3.8) is 0 Å². The number of benzene rings is 1. The second kappa shape index (κ2) is 5.62. The van der Waals surface area contributed by atoms with Crippen molar-refractivity contribution in [2.24, 2.45) is 5.73 Å². The SMILES string of the molecule is C[C@@H](c1ccc(-n2cncn2)cc1)N(C)CC(N)=O. The molecule has 2 N–H and O–H groups in total. The van der Waals surface area contributed by atoms with E-state index in [2.05, 4.69) is 10.1 Å². The van der Waals surface area contributed by atoms with Crippen LogP contribution in [0.4, 0.5) is 0 Å². The molecule has 0 unspecified atom stereocenters. The number of amides is 1. The van der Waals surface area contributed by atoms with Crippen LogP contribution in [0.2, 0.25) is 0 Å². The number of primary amides is 1. The second-order valence-corrected chi connectivity index (χ2v) is 4.49. The predicted octanol–water partition coefficient (Wildman–Crippen LogP) is 0.745. The van der Waals surface area contributed by atoms with Crippen molar-refractivity contribution in [2.75, 3.05) is 13.6 Å². The molecule has 0 bridgehead atoms. The molecule has 100 valence electrons. The van der Waals surface area contributed by atoms with Crippen molar-refractivity contribution in [3.8, 4) is 5.69 Å². The van der Waals surface area contributed by atoms with Crippen molar-refractivity contribution >= 4 is 5.91 Å². The third-order valence-corrected chi connectivity index (χ3v) is 3.13. The molecule has 6 nitrogen and oxygen atoms in total. The largest absolute Gasteiger partial charge is 0.369 e. The molecule has 1 heterocycles. The lowest BCUT2D eigenvalue weighted by Crippen LogP contribution is -2.32. The molecule has 0 aliphatic heterocycles. The molecule has 0 aliphatic carbocycles. The van der Waals surface area contributed by atoms with Gasteiger partial charge in [-0.25, -0.2) is 9.67 Å². The van der Waals surface area contributed by atoms with E-state index in [4.69, 9.17) is 5.73 Å². The summed E-state index contributed by atoms with van der Waals surface area (Å²) in [7, 11) is 1.88. The molecule has 1 aromatic heterocycles. The molecule has 19 heavy (non-hydrogen) atoms. The summed E-state index contributed by atoms with van der Waals surface area (Å²) < 4.78 is 1.70. The lowest BCUT2D eigenvalue weighted by molar-refractivity contribution is -0.119. The maximum Gasteiger partial charge on any atom is 0.231 e. The molecule has 0 fully saturated rings. The van der Waals surface area contributed by atoms with Gasteiger partial charge in [0.25, 0.3) is 0 Å². The van der Waals surface area contributed by atoms with Gasteiger partial charge in [-0.15, -0.1) is 0 Å². The summed E-state index contributed by atoms with van der Waals surface area (Å²) in [5.74, 6) is -0.325. The summed E-state index contributed by atoms with van der Waals surface area (Å²) in [6.07, 6.45) is 3.15. The number of carbonyl (C=O) groups excluding carboxylic acids is 1. The van der Waals surface area contributed by atoms with Gasteiger partial charge in [0.15, 0.2) is 0 Å². The Morgan fingerprint density at radius 2 is 2.11 bits per heavy atom. The van der Waals surface area contributed by atoms with E-state index in [0.29, 0.717) is 0 Å². The van der Waals surface area contributed by atoms with Gasteiger partial charge in [-0.3, -0.25) is 9.69 Å². The Bertz CT molecular complexity index is 535. The van der Waals surface area contributed by atoms with Crippen LogP contribution >= 0.6 is 0 Å². The number of nitrogens with zero attached hydrogens (tertiary/aromatic N) is 4. The number of hydrogen-bond acceptors (Lipinski definition) is 4. The van der Waals surface area contributed by atoms with E-state index in [1.807, 2.05) is 43.1 Å². The lowest BCUT2D eigenvalue weighted by Gasteiger charge is -2.23. The minimum absolute atomic E-state index is 0.122. The smallest absolute Gasteiger partial charge is 0.231 e. The molecule has 0 radical (unpaired) electrons. The molecule has 2 rings (SSSR count). The maximum atomic E-state index is 10.9. The minimum Gasteiger partial charge on any atom is -0.369 e. The van der Waals surface area contributed by atoms with E-state index in [1.165, 1.54) is 6.33 Å². The van der Waals surface area contributed by atoms with E-state index in [9.17, 15) is 4.79 Å². The molecule has 2 aromatic rings. The summed E-state index contributed by atoms with van der Waals surface area (Å²) in [6, 6.07) is 8.09. The third kappa shape index (κ3) is 3.17. The fraction of sp³-hybridized carbons (Fsp3) is 0.308. The Labute approximate surface area is 111 Å². The zero-order valence-electron chi connectivity index (χ0n) is 11.0. The first-order valence-electron chi connectivity index (χ1n) is 6.01. The molecule has 0 saturated heterocycles. The average molecular weight is 259 g/mol. The first-order chi connectivity index (χ1) is 9.08. The second-order valence-electron chi connectivity index (χ2n) is 4.49. The fourth-order valence-corrected chi connectivity index (χ4v) is 1.88. The molecule has 1 atom stereocenters. The Kier molecular flexibility index (Phi) is 3.91. The van der Waals surface area contributed by atoms with Gasteiger partial charge in [0.2, 0.25) is 5.91 Å². The number of hydrogen-bond donors (Lipinski definition) is 1. The van der Waals surface area contributed by atoms with E-state index in [-0.39, 0.29) is 18.5 Å². The van der Waals surface area contributed by atoms with Gasteiger partial charge in [0, 0.05) is 6.04 Å². The van der Waals surface area contributed by atoms with Crippen LogP contribution in [0.1, 0.15) is 18.5 Å². The third-order valence-electron chi connectivity index (χ3n) is 3.13. The maximum absolute atomic E-state index is 10.9. The quantitative estimate of drug-likeness (QED) is 0.859. The highest BCUT2D eigenvalue weighted by molar-refractivity contribution is 5.75. The summed E-state index contributed by atoms with van der Waals surface area (Å²) in [4.78, 5) is 16.7. The predicted molar refractivity (Wildman–Crippen MR) is 71.6 cm³/mol. The number of nitrogens with two attached hydrogens (primary N) is 1. The van der Waals surface area contributed by atoms with Crippen LogP contribution in [0.3, 0.4) is 0 Å². The fourth-order valence-electron chi connectivity index (χ4n) is 1.88. The molecule has 0 saturated carbocycles. The lowest BCUT2D eigenvalue weighted by atomic mass is 10.1. The summed E-state index contributed by atoms with van der Waals surface area (Å²) in [5, 5.41) is 4.07. The minimum atomic E-state index is -0.325. The van der Waals surface area contributed by atoms with Gasteiger partial charge >= 0.3 is 0 Å². The van der Waals surface area contributed by atoms with Gasteiger partial charge in [0.1, 0.15) is 12.7 Å². The number of carbonyl (C=O) groups is 1. The first kappa shape index (κ1) is 13.2. The van der Waals surface area contributed by atoms with Crippen molar-refractivity contribution < 1.29 is 4.79 Å². The normalized spacial score (nSPS) is 12.6. The van der Waals surface area contributed by atoms with Crippen molar-refractivity contribution in [1.82, 2.24) is 19.7 Å². The van der Waals surface area contributed by atoms with Crippen molar-refractivity contribution in [3.05, 3.63) is 42.5 Å². The molecular formula is C13H17N5O. The number of likely N-dealkylation sites (N-methyl/N-ethyl adjacent to an activating group) is 1. The Morgan fingerprint density at radius 1 is 1.42 bits per heavy atom. The summed E-state index contributed by atoms with van der Waals surface area (Å²) in [6.45, 7) is 2.28. The van der Waals surface area contributed by atoms with Crippen LogP contribution in [0, 0.1) is 0 Å². The number of rotatable bonds is 5. The summed E-state index contributed by atoms with van der Waals surface area (Å²) >= 11 is 0. The highest BCUT2D eigenvalue weighted by atomic mass is 16.1. The molecule has 1 aromatic carbocycles. The van der Waals surface area contributed by atoms with Crippen LogP contribution in [0.25, 0.3) is 5.69 Å². The van der Waals surface area contributed by atoms with E-state index in [1.54, 1.807) is 11.0 Å². The topological polar surface area (TPSA) is 77.0 Å². The standard InChI is InChI=1S/C13H17N5O/c1-10(17(2)7-13(14)19)11-3-5-12(6-4-11)18-9-15-8-16-18/h3-6,8-10H,7H2,1-2H3,(H2,14,19)/t10-/m0/s1. The van der Waals surface area contributed by atoms with E-state index >= 15 is 0 Å². The molecular weight excluding hydrogens is 242 g/mol. The number of aromatic nitrogens is 3. The van der Waals surface area contributed by atoms with Crippen molar-refractivity contribution in [1.29, 1.82) is 0 Å². The van der Waals surface area contributed by atoms with Crippen LogP contribution in [-0.4, -0.2) is 39.2 Å². The average Bonchev–Trinajstić information content (AvgIpc) is 2.91. The van der Waals surface area contributed by atoms with Gasteiger partial charge in [0.05, 0.1) is 12.2 Å².